The molecular weight excluding hydrogens is 453 g/mol. The summed E-state index contributed by atoms with van der Waals surface area (Å²) in [4.78, 5) is 20.0. The molecule has 0 atom stereocenters. The molecular formula is C18H14ClF3N8O2. The predicted octanol–water partition coefficient (Wildman–Crippen LogP) is 3.07. The van der Waals surface area contributed by atoms with Crippen LogP contribution in [0.3, 0.4) is 0 Å². The number of nitrogens with zero attached hydrogens (tertiary/aromatic N) is 7. The second-order valence-corrected chi connectivity index (χ2v) is 6.99. The first-order chi connectivity index (χ1) is 15.2. The zero-order valence-corrected chi connectivity index (χ0v) is 17.1. The van der Waals surface area contributed by atoms with Crippen LogP contribution in [-0.2, 0) is 18.4 Å². The van der Waals surface area contributed by atoms with Crippen LogP contribution in [0.4, 0.5) is 19.0 Å². The molecule has 0 aliphatic rings. The molecule has 0 saturated heterocycles. The molecule has 0 saturated carbocycles. The monoisotopic (exact) mass is 466 g/mol. The number of aromatic nitrogens is 7. The third-order valence-electron chi connectivity index (χ3n) is 4.19. The van der Waals surface area contributed by atoms with Gasteiger partial charge in [-0.05, 0) is 34.7 Å². The zero-order chi connectivity index (χ0) is 22.9. The van der Waals surface area contributed by atoms with Gasteiger partial charge in [-0.1, -0.05) is 28.8 Å². The molecule has 0 fully saturated rings. The number of nitrogens with one attached hydrogen (secondary N) is 1. The summed E-state index contributed by atoms with van der Waals surface area (Å²) >= 11 is 6.25. The van der Waals surface area contributed by atoms with Gasteiger partial charge < -0.3 is 10.1 Å². The number of alkyl halides is 3. The van der Waals surface area contributed by atoms with Crippen molar-refractivity contribution in [3.05, 3.63) is 47.1 Å². The van der Waals surface area contributed by atoms with E-state index in [1.807, 2.05) is 0 Å². The number of tetrazole rings is 1. The Kier molecular flexibility index (Phi) is 5.65. The third-order valence-corrected chi connectivity index (χ3v) is 4.49. The number of fused-ring (bicyclic) bond motifs is 1. The van der Waals surface area contributed by atoms with Crippen LogP contribution in [0.1, 0.15) is 12.1 Å². The number of aryl methyl sites for hydroxylation is 1. The molecule has 0 aliphatic heterocycles. The van der Waals surface area contributed by atoms with E-state index in [-0.39, 0.29) is 18.4 Å². The molecule has 1 amide bonds. The summed E-state index contributed by atoms with van der Waals surface area (Å²) in [5.74, 6) is -0.922. The molecule has 0 unspecified atom stereocenters. The fourth-order valence-corrected chi connectivity index (χ4v) is 3.10. The number of carbonyl (C=O) groups excluding carboxylic acids is 1. The minimum absolute atomic E-state index is 0.0330. The van der Waals surface area contributed by atoms with Gasteiger partial charge in [-0.15, -0.1) is 0 Å². The average Bonchev–Trinajstić information content (AvgIpc) is 3.28. The smallest absolute Gasteiger partial charge is 0.397 e. The van der Waals surface area contributed by atoms with E-state index in [0.29, 0.717) is 27.7 Å². The lowest BCUT2D eigenvalue weighted by Crippen LogP contribution is -2.21. The van der Waals surface area contributed by atoms with Crippen molar-refractivity contribution in [2.75, 3.05) is 5.32 Å². The van der Waals surface area contributed by atoms with Gasteiger partial charge in [0.2, 0.25) is 5.91 Å². The van der Waals surface area contributed by atoms with Crippen LogP contribution in [-0.4, -0.2) is 46.8 Å². The van der Waals surface area contributed by atoms with Gasteiger partial charge in [0.15, 0.2) is 0 Å². The number of hydrogen-bond acceptors (Lipinski definition) is 7. The van der Waals surface area contributed by atoms with Gasteiger partial charge in [-0.3, -0.25) is 4.79 Å². The topological polar surface area (TPSA) is 113 Å². The molecule has 0 spiro atoms. The second-order valence-electron chi connectivity index (χ2n) is 6.58. The molecule has 0 aliphatic carbocycles. The number of benzene rings is 1. The Balaban J connectivity index is 1.58. The number of anilines is 1. The summed E-state index contributed by atoms with van der Waals surface area (Å²) in [6.07, 6.45) is -6.22. The lowest BCUT2D eigenvalue weighted by molar-refractivity contribution is -0.150. The van der Waals surface area contributed by atoms with Gasteiger partial charge in [-0.2, -0.15) is 18.2 Å². The SMILES string of the molecule is Cn1nnnc1-n1c(OCc2cccc(NC(=O)CC(F)(F)F)n2)nc2c(Cl)cccc21. The van der Waals surface area contributed by atoms with Crippen LogP contribution in [0.2, 0.25) is 5.02 Å². The summed E-state index contributed by atoms with van der Waals surface area (Å²) < 4.78 is 45.9. The molecule has 10 nitrogen and oxygen atoms in total. The van der Waals surface area contributed by atoms with E-state index in [2.05, 4.69) is 30.8 Å². The molecule has 0 radical (unpaired) electrons. The zero-order valence-electron chi connectivity index (χ0n) is 16.3. The van der Waals surface area contributed by atoms with Crippen LogP contribution in [0.5, 0.6) is 6.01 Å². The van der Waals surface area contributed by atoms with Crippen molar-refractivity contribution in [2.24, 2.45) is 7.05 Å². The molecule has 166 valence electrons. The summed E-state index contributed by atoms with van der Waals surface area (Å²) in [6.45, 7) is -0.102. The maximum absolute atomic E-state index is 12.4. The number of hydrogen-bond donors (Lipinski definition) is 1. The van der Waals surface area contributed by atoms with Crippen LogP contribution in [0, 0.1) is 0 Å². The molecule has 0 bridgehead atoms. The van der Waals surface area contributed by atoms with E-state index in [4.69, 9.17) is 16.3 Å². The Morgan fingerprint density at radius 1 is 1.19 bits per heavy atom. The number of halogens is 4. The van der Waals surface area contributed by atoms with Gasteiger partial charge in [0.05, 0.1) is 16.2 Å². The predicted molar refractivity (Wildman–Crippen MR) is 106 cm³/mol. The molecule has 4 rings (SSSR count). The van der Waals surface area contributed by atoms with Crippen molar-refractivity contribution in [3.8, 4) is 12.0 Å². The Hall–Kier alpha value is -3.74. The highest BCUT2D eigenvalue weighted by atomic mass is 35.5. The van der Waals surface area contributed by atoms with Crippen LogP contribution in [0.15, 0.2) is 36.4 Å². The molecule has 32 heavy (non-hydrogen) atoms. The summed E-state index contributed by atoms with van der Waals surface area (Å²) in [5.41, 5.74) is 1.41. The van der Waals surface area contributed by atoms with E-state index < -0.39 is 18.5 Å². The van der Waals surface area contributed by atoms with Gasteiger partial charge in [-0.25, -0.2) is 14.2 Å². The number of imidazole rings is 1. The van der Waals surface area contributed by atoms with E-state index in [1.165, 1.54) is 16.8 Å². The Labute approximate surface area is 183 Å². The summed E-state index contributed by atoms with van der Waals surface area (Å²) in [7, 11) is 1.64. The van der Waals surface area contributed by atoms with Gasteiger partial charge in [0.1, 0.15) is 24.4 Å². The van der Waals surface area contributed by atoms with Gasteiger partial charge >= 0.3 is 12.2 Å². The van der Waals surface area contributed by atoms with Crippen molar-refractivity contribution < 1.29 is 22.7 Å². The number of rotatable bonds is 6. The van der Waals surface area contributed by atoms with Crippen LogP contribution >= 0.6 is 11.6 Å². The number of carbonyl (C=O) groups is 1. The maximum Gasteiger partial charge on any atom is 0.397 e. The minimum atomic E-state index is -4.61. The first kappa shape index (κ1) is 21.5. The van der Waals surface area contributed by atoms with E-state index >= 15 is 0 Å². The molecule has 3 aromatic heterocycles. The molecule has 4 aromatic rings. The Morgan fingerprint density at radius 3 is 2.69 bits per heavy atom. The average molecular weight is 467 g/mol. The van der Waals surface area contributed by atoms with Crippen molar-refractivity contribution >= 4 is 34.4 Å². The normalized spacial score (nSPS) is 11.7. The highest BCUT2D eigenvalue weighted by Gasteiger charge is 2.31. The second kappa shape index (κ2) is 8.42. The number of amides is 1. The Bertz CT molecular complexity index is 1290. The fourth-order valence-electron chi connectivity index (χ4n) is 2.89. The summed E-state index contributed by atoms with van der Waals surface area (Å²) in [6, 6.07) is 9.80. The first-order valence-electron chi connectivity index (χ1n) is 9.06. The molecule has 1 aromatic carbocycles. The van der Waals surface area contributed by atoms with E-state index in [1.54, 1.807) is 35.9 Å². The molecule has 14 heteroatoms. The van der Waals surface area contributed by atoms with Crippen molar-refractivity contribution in [3.63, 3.8) is 0 Å². The third kappa shape index (κ3) is 4.61. The van der Waals surface area contributed by atoms with Crippen molar-refractivity contribution in [1.29, 1.82) is 0 Å². The fraction of sp³-hybridized carbons (Fsp3) is 0.222. The van der Waals surface area contributed by atoms with E-state index in [9.17, 15) is 18.0 Å². The lowest BCUT2D eigenvalue weighted by Gasteiger charge is -2.10. The lowest BCUT2D eigenvalue weighted by atomic mass is 10.3. The van der Waals surface area contributed by atoms with Crippen molar-refractivity contribution in [2.45, 2.75) is 19.2 Å². The quantitative estimate of drug-likeness (QED) is 0.464. The highest BCUT2D eigenvalue weighted by Crippen LogP contribution is 2.30. The van der Waals surface area contributed by atoms with Crippen LogP contribution < -0.4 is 10.1 Å². The number of ether oxygens (including phenoxy) is 1. The van der Waals surface area contributed by atoms with E-state index in [0.717, 1.165) is 0 Å². The van der Waals surface area contributed by atoms with Crippen molar-refractivity contribution in [1.82, 2.24) is 34.7 Å². The minimum Gasteiger partial charge on any atom is -0.458 e. The maximum atomic E-state index is 12.4. The summed E-state index contributed by atoms with van der Waals surface area (Å²) in [5, 5.41) is 13.9. The molecule has 1 N–H and O–H groups in total. The van der Waals surface area contributed by atoms with Gasteiger partial charge in [0, 0.05) is 7.05 Å². The first-order valence-corrected chi connectivity index (χ1v) is 9.44. The number of para-hydroxylation sites is 1. The van der Waals surface area contributed by atoms with Crippen LogP contribution in [0.25, 0.3) is 17.0 Å². The Morgan fingerprint density at radius 2 is 1.97 bits per heavy atom. The standard InChI is InChI=1S/C18H14ClF3N8O2/c1-29-16(26-27-28-29)30-12-6-3-5-11(19)15(12)25-17(30)32-9-10-4-2-7-13(23-10)24-14(31)8-18(20,21)22/h2-7H,8-9H2,1H3,(H,23,24,31). The largest absolute Gasteiger partial charge is 0.458 e. The number of pyridine rings is 1. The molecule has 3 heterocycles. The van der Waals surface area contributed by atoms with Gasteiger partial charge in [0.25, 0.3) is 5.95 Å². The highest BCUT2D eigenvalue weighted by molar-refractivity contribution is 6.35.